The Kier molecular flexibility index (Phi) is 7.10. The second-order valence-electron chi connectivity index (χ2n) is 5.91. The number of aryl methyl sites for hydroxylation is 1. The maximum atomic E-state index is 12.3. The highest BCUT2D eigenvalue weighted by atomic mass is 35.5. The van der Waals surface area contributed by atoms with Crippen molar-refractivity contribution in [1.82, 2.24) is 4.98 Å². The van der Waals surface area contributed by atoms with Crippen LogP contribution in [0.5, 0.6) is 5.75 Å². The van der Waals surface area contributed by atoms with E-state index < -0.39 is 0 Å². The van der Waals surface area contributed by atoms with E-state index in [1.807, 2.05) is 41.8 Å². The lowest BCUT2D eigenvalue weighted by Gasteiger charge is -2.12. The summed E-state index contributed by atoms with van der Waals surface area (Å²) in [7, 11) is 0. The van der Waals surface area contributed by atoms with Crippen LogP contribution in [0.4, 0.5) is 5.69 Å². The average Bonchev–Trinajstić information content (AvgIpc) is 3.17. The van der Waals surface area contributed by atoms with Gasteiger partial charge in [0.25, 0.3) is 0 Å². The SMILES string of the molecule is O=C(CCCc1ccc(Cl)c(Cl)c1)Nc1ccccc1OCc1cscn1. The molecule has 140 valence electrons. The first kappa shape index (κ1) is 19.7. The van der Waals surface area contributed by atoms with Crippen LogP contribution in [0.1, 0.15) is 24.1 Å². The molecule has 0 saturated heterocycles. The van der Waals surface area contributed by atoms with Gasteiger partial charge in [0.05, 0.1) is 26.9 Å². The number of carbonyl (C=O) groups excluding carboxylic acids is 1. The van der Waals surface area contributed by atoms with Crippen molar-refractivity contribution in [3.05, 3.63) is 74.7 Å². The van der Waals surface area contributed by atoms with E-state index in [-0.39, 0.29) is 5.91 Å². The molecule has 0 aliphatic rings. The normalized spacial score (nSPS) is 10.6. The fraction of sp³-hybridized carbons (Fsp3) is 0.200. The second-order valence-corrected chi connectivity index (χ2v) is 7.45. The van der Waals surface area contributed by atoms with Gasteiger partial charge in [0, 0.05) is 11.8 Å². The Morgan fingerprint density at radius 2 is 2.00 bits per heavy atom. The summed E-state index contributed by atoms with van der Waals surface area (Å²) in [6, 6.07) is 12.9. The van der Waals surface area contributed by atoms with E-state index in [0.29, 0.717) is 40.9 Å². The van der Waals surface area contributed by atoms with Gasteiger partial charge >= 0.3 is 0 Å². The summed E-state index contributed by atoms with van der Waals surface area (Å²) >= 11 is 13.5. The molecule has 3 rings (SSSR count). The molecule has 0 aliphatic heterocycles. The predicted molar refractivity (Wildman–Crippen MR) is 111 cm³/mol. The number of amides is 1. The Morgan fingerprint density at radius 1 is 1.15 bits per heavy atom. The molecule has 0 spiro atoms. The standard InChI is InChI=1S/C20H18Cl2N2O2S/c21-16-9-8-14(10-17(16)22)4-3-7-20(25)24-18-5-1-2-6-19(18)26-11-15-12-27-13-23-15/h1-2,5-6,8-10,12-13H,3-4,7,11H2,(H,24,25). The van der Waals surface area contributed by atoms with Crippen molar-refractivity contribution in [2.75, 3.05) is 5.32 Å². The van der Waals surface area contributed by atoms with Crippen molar-refractivity contribution >= 4 is 46.1 Å². The Bertz CT molecular complexity index is 901. The van der Waals surface area contributed by atoms with Gasteiger partial charge in [-0.25, -0.2) is 4.98 Å². The minimum absolute atomic E-state index is 0.0558. The number of aromatic nitrogens is 1. The summed E-state index contributed by atoms with van der Waals surface area (Å²) in [5, 5.41) is 5.92. The molecule has 1 N–H and O–H groups in total. The lowest BCUT2D eigenvalue weighted by Crippen LogP contribution is -2.12. The van der Waals surface area contributed by atoms with E-state index >= 15 is 0 Å². The van der Waals surface area contributed by atoms with Gasteiger partial charge in [0.1, 0.15) is 12.4 Å². The van der Waals surface area contributed by atoms with Crippen LogP contribution in [-0.2, 0) is 17.8 Å². The zero-order valence-electron chi connectivity index (χ0n) is 14.5. The topological polar surface area (TPSA) is 51.2 Å². The highest BCUT2D eigenvalue weighted by Crippen LogP contribution is 2.26. The average molecular weight is 421 g/mol. The molecule has 3 aromatic rings. The number of ether oxygens (including phenoxy) is 1. The quantitative estimate of drug-likeness (QED) is 0.486. The van der Waals surface area contributed by atoms with Crippen LogP contribution in [0.3, 0.4) is 0 Å². The first-order chi connectivity index (χ1) is 13.1. The molecule has 1 aromatic heterocycles. The van der Waals surface area contributed by atoms with E-state index in [0.717, 1.165) is 17.7 Å². The molecule has 0 saturated carbocycles. The summed E-state index contributed by atoms with van der Waals surface area (Å²) in [5.74, 6) is 0.572. The van der Waals surface area contributed by atoms with Gasteiger partial charge in [-0.1, -0.05) is 41.4 Å². The highest BCUT2D eigenvalue weighted by Gasteiger charge is 2.09. The molecule has 27 heavy (non-hydrogen) atoms. The molecule has 0 radical (unpaired) electrons. The van der Waals surface area contributed by atoms with E-state index in [1.165, 1.54) is 11.3 Å². The maximum Gasteiger partial charge on any atom is 0.224 e. The van der Waals surface area contributed by atoms with Crippen molar-refractivity contribution < 1.29 is 9.53 Å². The Morgan fingerprint density at radius 3 is 2.78 bits per heavy atom. The largest absolute Gasteiger partial charge is 0.485 e. The molecule has 0 aliphatic carbocycles. The Hall–Kier alpha value is -2.08. The predicted octanol–water partition coefficient (Wildman–Crippen LogP) is 5.99. The number of benzene rings is 2. The van der Waals surface area contributed by atoms with Crippen LogP contribution < -0.4 is 10.1 Å². The van der Waals surface area contributed by atoms with Crippen molar-refractivity contribution in [3.8, 4) is 5.75 Å². The minimum atomic E-state index is -0.0558. The monoisotopic (exact) mass is 420 g/mol. The molecule has 0 bridgehead atoms. The third kappa shape index (κ3) is 5.96. The number of hydrogen-bond acceptors (Lipinski definition) is 4. The van der Waals surface area contributed by atoms with Gasteiger partial charge in [-0.05, 0) is 42.7 Å². The lowest BCUT2D eigenvalue weighted by molar-refractivity contribution is -0.116. The summed E-state index contributed by atoms with van der Waals surface area (Å²) < 4.78 is 5.78. The van der Waals surface area contributed by atoms with Crippen molar-refractivity contribution in [1.29, 1.82) is 0 Å². The number of para-hydroxylation sites is 2. The van der Waals surface area contributed by atoms with Crippen LogP contribution in [0.25, 0.3) is 0 Å². The Balaban J connectivity index is 1.50. The molecule has 7 heteroatoms. The maximum absolute atomic E-state index is 12.3. The molecule has 2 aromatic carbocycles. The number of nitrogens with one attached hydrogen (secondary N) is 1. The smallest absolute Gasteiger partial charge is 0.224 e. The van der Waals surface area contributed by atoms with Crippen LogP contribution in [-0.4, -0.2) is 10.9 Å². The molecule has 4 nitrogen and oxygen atoms in total. The van der Waals surface area contributed by atoms with E-state index in [2.05, 4.69) is 10.3 Å². The molecular weight excluding hydrogens is 403 g/mol. The molecule has 0 fully saturated rings. The molecule has 0 atom stereocenters. The number of thiazole rings is 1. The summed E-state index contributed by atoms with van der Waals surface area (Å²) in [4.78, 5) is 16.5. The number of carbonyl (C=O) groups is 1. The number of anilines is 1. The fourth-order valence-electron chi connectivity index (χ4n) is 2.52. The highest BCUT2D eigenvalue weighted by molar-refractivity contribution is 7.07. The van der Waals surface area contributed by atoms with Crippen molar-refractivity contribution in [2.45, 2.75) is 25.9 Å². The van der Waals surface area contributed by atoms with Crippen molar-refractivity contribution in [3.63, 3.8) is 0 Å². The summed E-state index contributed by atoms with van der Waals surface area (Å²) in [6.07, 6.45) is 1.87. The van der Waals surface area contributed by atoms with Gasteiger partial charge in [-0.15, -0.1) is 11.3 Å². The van der Waals surface area contributed by atoms with Crippen LogP contribution >= 0.6 is 34.5 Å². The molecular formula is C20H18Cl2N2O2S. The second kappa shape index (κ2) is 9.74. The van der Waals surface area contributed by atoms with E-state index in [9.17, 15) is 4.79 Å². The lowest BCUT2D eigenvalue weighted by atomic mass is 10.1. The van der Waals surface area contributed by atoms with Gasteiger partial charge in [-0.2, -0.15) is 0 Å². The van der Waals surface area contributed by atoms with E-state index in [4.69, 9.17) is 27.9 Å². The van der Waals surface area contributed by atoms with Gasteiger partial charge in [0.15, 0.2) is 0 Å². The third-order valence-corrected chi connectivity index (χ3v) is 5.25. The summed E-state index contributed by atoms with van der Waals surface area (Å²) in [6.45, 7) is 0.369. The third-order valence-electron chi connectivity index (χ3n) is 3.87. The zero-order valence-corrected chi connectivity index (χ0v) is 16.8. The number of hydrogen-bond donors (Lipinski definition) is 1. The first-order valence-corrected chi connectivity index (χ1v) is 10.1. The summed E-state index contributed by atoms with van der Waals surface area (Å²) in [5.41, 5.74) is 4.35. The number of halogens is 2. The Labute approximate surface area is 172 Å². The van der Waals surface area contributed by atoms with Crippen LogP contribution in [0, 0.1) is 0 Å². The molecule has 1 amide bonds. The van der Waals surface area contributed by atoms with Crippen LogP contribution in [0.2, 0.25) is 10.0 Å². The number of rotatable bonds is 8. The fourth-order valence-corrected chi connectivity index (χ4v) is 3.38. The number of nitrogens with zero attached hydrogens (tertiary/aromatic N) is 1. The minimum Gasteiger partial charge on any atom is -0.485 e. The van der Waals surface area contributed by atoms with Gasteiger partial charge < -0.3 is 10.1 Å². The zero-order chi connectivity index (χ0) is 19.1. The first-order valence-electron chi connectivity index (χ1n) is 8.44. The van der Waals surface area contributed by atoms with Crippen LogP contribution in [0.15, 0.2) is 53.4 Å². The van der Waals surface area contributed by atoms with E-state index in [1.54, 1.807) is 11.6 Å². The van der Waals surface area contributed by atoms with Gasteiger partial charge in [0.2, 0.25) is 5.91 Å². The molecule has 0 unspecified atom stereocenters. The van der Waals surface area contributed by atoms with Gasteiger partial charge in [-0.3, -0.25) is 4.79 Å². The molecule has 1 heterocycles. The van der Waals surface area contributed by atoms with Crippen molar-refractivity contribution in [2.24, 2.45) is 0 Å².